The Labute approximate surface area is 216 Å². The molecule has 1 aromatic carbocycles. The van der Waals surface area contributed by atoms with Gasteiger partial charge in [0.05, 0.1) is 12.1 Å². The summed E-state index contributed by atoms with van der Waals surface area (Å²) in [6.07, 6.45) is 16.5. The molecule has 198 valence electrons. The molecule has 2 fully saturated rings. The van der Waals surface area contributed by atoms with Crippen molar-refractivity contribution in [2.24, 2.45) is 0 Å². The van der Waals surface area contributed by atoms with Crippen molar-refractivity contribution < 1.29 is 19.2 Å². The second-order valence-corrected chi connectivity index (χ2v) is 10.5. The van der Waals surface area contributed by atoms with E-state index in [-0.39, 0.29) is 23.4 Å². The lowest BCUT2D eigenvalue weighted by molar-refractivity contribution is -0.122. The lowest BCUT2D eigenvalue weighted by atomic mass is 9.89. The van der Waals surface area contributed by atoms with Gasteiger partial charge in [-0.3, -0.25) is 19.2 Å². The number of carbonyl (C=O) groups excluding carboxylic acids is 4. The van der Waals surface area contributed by atoms with Gasteiger partial charge < -0.3 is 10.6 Å². The maximum atomic E-state index is 13.7. The largest absolute Gasteiger partial charge is 0.346 e. The van der Waals surface area contributed by atoms with Gasteiger partial charge in [-0.05, 0) is 25.7 Å². The number of nitrogens with one attached hydrogen (secondary N) is 2. The fourth-order valence-electron chi connectivity index (χ4n) is 5.39. The summed E-state index contributed by atoms with van der Waals surface area (Å²) in [4.78, 5) is 52.5. The van der Waals surface area contributed by atoms with E-state index < -0.39 is 12.1 Å². The highest BCUT2D eigenvalue weighted by Gasteiger charge is 2.29. The van der Waals surface area contributed by atoms with Crippen molar-refractivity contribution in [3.05, 3.63) is 35.4 Å². The summed E-state index contributed by atoms with van der Waals surface area (Å²) in [6, 6.07) is 5.65. The smallest absolute Gasteiger partial charge is 0.220 e. The number of rotatable bonds is 4. The van der Waals surface area contributed by atoms with Crippen LogP contribution in [0.15, 0.2) is 24.3 Å². The van der Waals surface area contributed by atoms with Crippen LogP contribution >= 0.6 is 0 Å². The molecule has 1 aromatic rings. The van der Waals surface area contributed by atoms with Crippen molar-refractivity contribution in [2.45, 2.75) is 128 Å². The fraction of sp³-hybridized carbons (Fsp3) is 0.667. The number of carbonyl (C=O) groups is 4. The molecule has 6 heteroatoms. The van der Waals surface area contributed by atoms with E-state index in [0.29, 0.717) is 36.8 Å². The standard InChI is InChI=1S/C30H44N2O4/c33-27-21-13-9-5-1-3-7-11-19-25(31-27)29(35)23-17-15-16-18-24(23)30(36)26-20-12-8-4-2-6-10-14-22-28(34)32-26/h15-18,25-26H,1-14,19-22H2,(H,31,33)(H,32,34). The van der Waals surface area contributed by atoms with Gasteiger partial charge in [-0.25, -0.2) is 0 Å². The number of hydrogen-bond donors (Lipinski definition) is 2. The quantitative estimate of drug-likeness (QED) is 0.495. The highest BCUT2D eigenvalue weighted by atomic mass is 16.2. The van der Waals surface area contributed by atoms with Gasteiger partial charge in [0.2, 0.25) is 11.8 Å². The van der Waals surface area contributed by atoms with Gasteiger partial charge in [-0.2, -0.15) is 0 Å². The number of benzene rings is 1. The molecule has 0 radical (unpaired) electrons. The molecule has 6 nitrogen and oxygen atoms in total. The van der Waals surface area contributed by atoms with E-state index in [2.05, 4.69) is 10.6 Å². The van der Waals surface area contributed by atoms with Crippen LogP contribution in [0.25, 0.3) is 0 Å². The number of Topliss-reactive ketones (excluding diaryl/α,β-unsaturated/α-hetero) is 2. The maximum Gasteiger partial charge on any atom is 0.220 e. The van der Waals surface area contributed by atoms with Crippen LogP contribution in [0.5, 0.6) is 0 Å². The van der Waals surface area contributed by atoms with Crippen LogP contribution in [0.1, 0.15) is 136 Å². The summed E-state index contributed by atoms with van der Waals surface area (Å²) in [5.41, 5.74) is 0.695. The molecule has 0 bridgehead atoms. The molecule has 0 saturated carbocycles. The summed E-state index contributed by atoms with van der Waals surface area (Å²) >= 11 is 0. The van der Waals surface area contributed by atoms with Crippen LogP contribution in [-0.2, 0) is 9.59 Å². The minimum Gasteiger partial charge on any atom is -0.346 e. The molecule has 2 aliphatic heterocycles. The predicted molar refractivity (Wildman–Crippen MR) is 142 cm³/mol. The predicted octanol–water partition coefficient (Wildman–Crippen LogP) is 6.07. The maximum absolute atomic E-state index is 13.7. The molecular weight excluding hydrogens is 452 g/mol. The Bertz CT molecular complexity index is 810. The monoisotopic (exact) mass is 496 g/mol. The van der Waals surface area contributed by atoms with E-state index in [1.807, 2.05) is 0 Å². The van der Waals surface area contributed by atoms with E-state index in [1.54, 1.807) is 24.3 Å². The van der Waals surface area contributed by atoms with E-state index in [0.717, 1.165) is 77.0 Å². The summed E-state index contributed by atoms with van der Waals surface area (Å²) in [7, 11) is 0. The molecule has 36 heavy (non-hydrogen) atoms. The van der Waals surface area contributed by atoms with E-state index in [1.165, 1.54) is 12.8 Å². The number of amides is 2. The van der Waals surface area contributed by atoms with Gasteiger partial charge in [-0.1, -0.05) is 101 Å². The van der Waals surface area contributed by atoms with Crippen molar-refractivity contribution in [3.8, 4) is 0 Å². The molecule has 2 unspecified atom stereocenters. The first-order valence-electron chi connectivity index (χ1n) is 14.3. The minimum atomic E-state index is -0.628. The van der Waals surface area contributed by atoms with Gasteiger partial charge in [-0.15, -0.1) is 0 Å². The highest BCUT2D eigenvalue weighted by molar-refractivity contribution is 6.13. The molecular formula is C30H44N2O4. The normalized spacial score (nSPS) is 24.0. The molecule has 2 amide bonds. The first-order chi connectivity index (χ1) is 17.6. The third-order valence-corrected chi connectivity index (χ3v) is 7.55. The molecule has 2 atom stereocenters. The molecule has 2 saturated heterocycles. The zero-order valence-corrected chi connectivity index (χ0v) is 21.8. The van der Waals surface area contributed by atoms with Crippen LogP contribution in [0, 0.1) is 0 Å². The van der Waals surface area contributed by atoms with Gasteiger partial charge in [0, 0.05) is 24.0 Å². The zero-order chi connectivity index (χ0) is 25.6. The molecule has 0 spiro atoms. The number of ketones is 2. The van der Waals surface area contributed by atoms with Gasteiger partial charge in [0.1, 0.15) is 0 Å². The molecule has 0 aromatic heterocycles. The van der Waals surface area contributed by atoms with Crippen molar-refractivity contribution in [3.63, 3.8) is 0 Å². The van der Waals surface area contributed by atoms with Crippen LogP contribution < -0.4 is 10.6 Å². The fourth-order valence-corrected chi connectivity index (χ4v) is 5.39. The average Bonchev–Trinajstić information content (AvgIpc) is 2.87. The van der Waals surface area contributed by atoms with Crippen LogP contribution in [-0.4, -0.2) is 35.5 Å². The average molecular weight is 497 g/mol. The zero-order valence-electron chi connectivity index (χ0n) is 21.8. The summed E-state index contributed by atoms with van der Waals surface area (Å²) in [6.45, 7) is 0. The highest BCUT2D eigenvalue weighted by Crippen LogP contribution is 2.21. The Morgan fingerprint density at radius 3 is 1.25 bits per heavy atom. The SMILES string of the molecule is O=C1CCCCCCCCCC(C(=O)c2ccccc2C(=O)C2CCCCCCCCCC(=O)N2)N1. The Morgan fingerprint density at radius 1 is 0.528 bits per heavy atom. The second-order valence-electron chi connectivity index (χ2n) is 10.5. The molecule has 3 rings (SSSR count). The molecule has 2 aliphatic rings. The van der Waals surface area contributed by atoms with E-state index in [9.17, 15) is 19.2 Å². The third-order valence-electron chi connectivity index (χ3n) is 7.55. The molecule has 2 N–H and O–H groups in total. The number of hydrogen-bond acceptors (Lipinski definition) is 4. The molecule has 2 heterocycles. The topological polar surface area (TPSA) is 92.3 Å². The second kappa shape index (κ2) is 15.6. The van der Waals surface area contributed by atoms with E-state index >= 15 is 0 Å². The van der Waals surface area contributed by atoms with Crippen LogP contribution in [0.4, 0.5) is 0 Å². The summed E-state index contributed by atoms with van der Waals surface area (Å²) in [5.74, 6) is -0.596. The summed E-state index contributed by atoms with van der Waals surface area (Å²) < 4.78 is 0. The Hall–Kier alpha value is -2.50. The molecule has 0 aliphatic carbocycles. The van der Waals surface area contributed by atoms with Crippen molar-refractivity contribution in [1.29, 1.82) is 0 Å². The van der Waals surface area contributed by atoms with E-state index in [4.69, 9.17) is 0 Å². The summed E-state index contributed by atoms with van der Waals surface area (Å²) in [5, 5.41) is 5.93. The third kappa shape index (κ3) is 9.18. The van der Waals surface area contributed by atoms with Crippen LogP contribution in [0.2, 0.25) is 0 Å². The van der Waals surface area contributed by atoms with Gasteiger partial charge in [0.25, 0.3) is 0 Å². The lowest BCUT2D eigenvalue weighted by Crippen LogP contribution is -2.43. The first-order valence-corrected chi connectivity index (χ1v) is 14.3. The van der Waals surface area contributed by atoms with Crippen LogP contribution in [0.3, 0.4) is 0 Å². The van der Waals surface area contributed by atoms with Gasteiger partial charge in [0.15, 0.2) is 11.6 Å². The van der Waals surface area contributed by atoms with Crippen molar-refractivity contribution >= 4 is 23.4 Å². The van der Waals surface area contributed by atoms with Crippen molar-refractivity contribution in [1.82, 2.24) is 10.6 Å². The van der Waals surface area contributed by atoms with Gasteiger partial charge >= 0.3 is 0 Å². The minimum absolute atomic E-state index is 0.0932. The lowest BCUT2D eigenvalue weighted by Gasteiger charge is -2.22. The first kappa shape index (κ1) is 28.1. The Kier molecular flexibility index (Phi) is 12.1. The Balaban J connectivity index is 1.78. The van der Waals surface area contributed by atoms with Crippen molar-refractivity contribution in [2.75, 3.05) is 0 Å². The Morgan fingerprint density at radius 2 is 0.861 bits per heavy atom.